The first kappa shape index (κ1) is 24.3. The van der Waals surface area contributed by atoms with E-state index in [-0.39, 0.29) is 24.3 Å². The Hall–Kier alpha value is -1.94. The van der Waals surface area contributed by atoms with Gasteiger partial charge in [-0.3, -0.25) is 4.79 Å². The van der Waals surface area contributed by atoms with Gasteiger partial charge >= 0.3 is 23.9 Å². The Morgan fingerprint density at radius 2 is 1.60 bits per heavy atom. The first-order chi connectivity index (χ1) is 13.7. The Kier molecular flexibility index (Phi) is 6.73. The molecule has 0 radical (unpaired) electrons. The third kappa shape index (κ3) is 4.12. The van der Waals surface area contributed by atoms with Gasteiger partial charge in [0.15, 0.2) is 5.78 Å². The Balaban J connectivity index is 2.32. The molecule has 1 aromatic carbocycles. The Morgan fingerprint density at radius 1 is 0.967 bits per heavy atom. The SMILES string of the molecule is CCCCCOc1ccc2c(c1)C(=O)C(C(F)(F)C(F)(F)C(F)(F)C(F)(F)F)CC2. The third-order valence-corrected chi connectivity index (χ3v) is 4.99. The van der Waals surface area contributed by atoms with E-state index in [1.807, 2.05) is 6.92 Å². The molecule has 0 fully saturated rings. The van der Waals surface area contributed by atoms with E-state index < -0.39 is 47.6 Å². The van der Waals surface area contributed by atoms with Crippen LogP contribution in [-0.2, 0) is 6.42 Å². The summed E-state index contributed by atoms with van der Waals surface area (Å²) in [7, 11) is 0. The number of aryl methyl sites for hydroxylation is 1. The van der Waals surface area contributed by atoms with Crippen molar-refractivity contribution in [2.75, 3.05) is 6.61 Å². The molecule has 2 nitrogen and oxygen atoms in total. The molecule has 0 saturated carbocycles. The standard InChI is InChI=1S/C19H19F9O2/c1-2-3-4-9-30-12-7-5-11-6-8-14(15(29)13(11)10-12)16(20,21)17(22,23)18(24,25)19(26,27)28/h5,7,10,14H,2-4,6,8-9H2,1H3. The van der Waals surface area contributed by atoms with Crippen LogP contribution >= 0.6 is 0 Å². The van der Waals surface area contributed by atoms with E-state index in [1.54, 1.807) is 0 Å². The van der Waals surface area contributed by atoms with E-state index in [0.717, 1.165) is 18.9 Å². The van der Waals surface area contributed by atoms with Crippen LogP contribution in [0.4, 0.5) is 39.5 Å². The lowest BCUT2D eigenvalue weighted by molar-refractivity contribution is -0.400. The largest absolute Gasteiger partial charge is 0.494 e. The summed E-state index contributed by atoms with van der Waals surface area (Å²) in [6.45, 7) is 2.17. The highest BCUT2D eigenvalue weighted by molar-refractivity contribution is 6.01. The molecule has 30 heavy (non-hydrogen) atoms. The molecule has 2 rings (SSSR count). The highest BCUT2D eigenvalue weighted by Crippen LogP contribution is 2.56. The monoisotopic (exact) mass is 450 g/mol. The van der Waals surface area contributed by atoms with Gasteiger partial charge < -0.3 is 4.74 Å². The minimum atomic E-state index is -7.02. The van der Waals surface area contributed by atoms with Crippen LogP contribution in [0.2, 0.25) is 0 Å². The van der Waals surface area contributed by atoms with Gasteiger partial charge in [0.05, 0.1) is 12.5 Å². The molecule has 0 bridgehead atoms. The molecule has 1 aliphatic carbocycles. The number of fused-ring (bicyclic) bond motifs is 1. The molecule has 1 aliphatic rings. The number of carbonyl (C=O) groups excluding carboxylic acids is 1. The molecule has 0 spiro atoms. The summed E-state index contributed by atoms with van der Waals surface area (Å²) in [6.07, 6.45) is -5.92. The zero-order chi connectivity index (χ0) is 23.0. The minimum absolute atomic E-state index is 0.0783. The molecule has 170 valence electrons. The Morgan fingerprint density at radius 3 is 2.17 bits per heavy atom. The zero-order valence-corrected chi connectivity index (χ0v) is 15.8. The van der Waals surface area contributed by atoms with E-state index in [9.17, 15) is 44.3 Å². The molecule has 0 heterocycles. The maximum Gasteiger partial charge on any atom is 0.460 e. The van der Waals surface area contributed by atoms with Crippen LogP contribution in [0.1, 0.15) is 48.5 Å². The highest BCUT2D eigenvalue weighted by atomic mass is 19.4. The fourth-order valence-corrected chi connectivity index (χ4v) is 3.21. The molecule has 0 aliphatic heterocycles. The summed E-state index contributed by atoms with van der Waals surface area (Å²) in [6, 6.07) is 3.80. The molecule has 0 amide bonds. The van der Waals surface area contributed by atoms with Crippen LogP contribution in [0.5, 0.6) is 5.75 Å². The number of Topliss-reactive ketones (excluding diaryl/α,β-unsaturated/α-hetero) is 1. The summed E-state index contributed by atoms with van der Waals surface area (Å²) < 4.78 is 125. The molecule has 0 N–H and O–H groups in total. The number of hydrogen-bond donors (Lipinski definition) is 0. The predicted octanol–water partition coefficient (Wildman–Crippen LogP) is 6.47. The smallest absolute Gasteiger partial charge is 0.460 e. The summed E-state index contributed by atoms with van der Waals surface area (Å²) >= 11 is 0. The fourth-order valence-electron chi connectivity index (χ4n) is 3.21. The van der Waals surface area contributed by atoms with Crippen molar-refractivity contribution < 1.29 is 49.0 Å². The predicted molar refractivity (Wildman–Crippen MR) is 88.5 cm³/mol. The molecule has 11 heteroatoms. The van der Waals surface area contributed by atoms with E-state index >= 15 is 0 Å². The van der Waals surface area contributed by atoms with Crippen LogP contribution in [0.15, 0.2) is 18.2 Å². The first-order valence-electron chi connectivity index (χ1n) is 9.18. The second-order valence-electron chi connectivity index (χ2n) is 7.10. The van der Waals surface area contributed by atoms with Gasteiger partial charge in [-0.2, -0.15) is 39.5 Å². The first-order valence-corrected chi connectivity index (χ1v) is 9.18. The summed E-state index contributed by atoms with van der Waals surface area (Å²) in [5.41, 5.74) is -0.260. The van der Waals surface area contributed by atoms with Gasteiger partial charge in [-0.1, -0.05) is 25.8 Å². The Bertz CT molecular complexity index is 772. The number of hydrogen-bond acceptors (Lipinski definition) is 2. The van der Waals surface area contributed by atoms with Crippen molar-refractivity contribution in [3.05, 3.63) is 29.3 Å². The van der Waals surface area contributed by atoms with Crippen LogP contribution < -0.4 is 4.74 Å². The minimum Gasteiger partial charge on any atom is -0.494 e. The number of halogens is 9. The average molecular weight is 450 g/mol. The van der Waals surface area contributed by atoms with Gasteiger partial charge in [0, 0.05) is 5.56 Å². The molecule has 0 saturated heterocycles. The van der Waals surface area contributed by atoms with Crippen molar-refractivity contribution in [3.8, 4) is 5.75 Å². The zero-order valence-electron chi connectivity index (χ0n) is 15.8. The maximum absolute atomic E-state index is 14.3. The van der Waals surface area contributed by atoms with Gasteiger partial charge in [0.2, 0.25) is 0 Å². The van der Waals surface area contributed by atoms with Crippen LogP contribution in [0, 0.1) is 5.92 Å². The number of benzene rings is 1. The molecule has 1 atom stereocenters. The molecular formula is C19H19F9O2. The number of alkyl halides is 9. The number of carbonyl (C=O) groups is 1. The second kappa shape index (κ2) is 8.30. The number of rotatable bonds is 8. The quantitative estimate of drug-likeness (QED) is 0.335. The van der Waals surface area contributed by atoms with Crippen molar-refractivity contribution in [1.82, 2.24) is 0 Å². The second-order valence-corrected chi connectivity index (χ2v) is 7.10. The summed E-state index contributed by atoms with van der Waals surface area (Å²) in [4.78, 5) is 12.4. The highest BCUT2D eigenvalue weighted by Gasteiger charge is 2.83. The van der Waals surface area contributed by atoms with E-state index in [2.05, 4.69) is 0 Å². The van der Waals surface area contributed by atoms with Crippen LogP contribution in [0.25, 0.3) is 0 Å². The van der Waals surface area contributed by atoms with E-state index in [4.69, 9.17) is 4.74 Å². The molecular weight excluding hydrogens is 431 g/mol. The number of ketones is 1. The van der Waals surface area contributed by atoms with Crippen LogP contribution in [0.3, 0.4) is 0 Å². The lowest BCUT2D eigenvalue weighted by atomic mass is 9.76. The number of unbranched alkanes of at least 4 members (excludes halogenated alkanes) is 2. The number of ether oxygens (including phenoxy) is 1. The van der Waals surface area contributed by atoms with Crippen molar-refractivity contribution >= 4 is 5.78 Å². The average Bonchev–Trinajstić information content (AvgIpc) is 2.64. The summed E-state index contributed by atoms with van der Waals surface area (Å²) in [5.74, 6) is -24.4. The van der Waals surface area contributed by atoms with Gasteiger partial charge in [-0.05, 0) is 37.0 Å². The van der Waals surface area contributed by atoms with E-state index in [1.165, 1.54) is 12.1 Å². The molecule has 0 aromatic heterocycles. The van der Waals surface area contributed by atoms with E-state index in [0.29, 0.717) is 6.42 Å². The molecule has 1 aromatic rings. The maximum atomic E-state index is 14.3. The van der Waals surface area contributed by atoms with Gasteiger partial charge in [0.25, 0.3) is 0 Å². The fraction of sp³-hybridized carbons (Fsp3) is 0.632. The van der Waals surface area contributed by atoms with Gasteiger partial charge in [-0.15, -0.1) is 0 Å². The van der Waals surface area contributed by atoms with Gasteiger partial charge in [-0.25, -0.2) is 0 Å². The van der Waals surface area contributed by atoms with Crippen molar-refractivity contribution in [2.24, 2.45) is 5.92 Å². The normalized spacial score (nSPS) is 18.3. The summed E-state index contributed by atoms with van der Waals surface area (Å²) in [5, 5.41) is 0. The van der Waals surface area contributed by atoms with Gasteiger partial charge in [0.1, 0.15) is 5.75 Å². The Labute approximate surface area is 166 Å². The topological polar surface area (TPSA) is 26.3 Å². The third-order valence-electron chi connectivity index (χ3n) is 4.99. The van der Waals surface area contributed by atoms with Crippen molar-refractivity contribution in [3.63, 3.8) is 0 Å². The lowest BCUT2D eigenvalue weighted by Gasteiger charge is -2.38. The lowest BCUT2D eigenvalue weighted by Crippen LogP contribution is -2.64. The van der Waals surface area contributed by atoms with Crippen molar-refractivity contribution in [2.45, 2.75) is 63.0 Å². The van der Waals surface area contributed by atoms with Crippen molar-refractivity contribution in [1.29, 1.82) is 0 Å². The van der Waals surface area contributed by atoms with Crippen LogP contribution in [-0.4, -0.2) is 36.3 Å². The molecule has 1 unspecified atom stereocenters.